The summed E-state index contributed by atoms with van der Waals surface area (Å²) in [7, 11) is 0. The largest absolute Gasteiger partial charge is 0.494 e. The molecule has 3 rings (SSSR count). The van der Waals surface area contributed by atoms with Crippen LogP contribution in [0.4, 0.5) is 0 Å². The third kappa shape index (κ3) is 3.25. The van der Waals surface area contributed by atoms with Crippen molar-refractivity contribution in [3.63, 3.8) is 0 Å². The molecule has 124 valence electrons. The van der Waals surface area contributed by atoms with Gasteiger partial charge in [-0.3, -0.25) is 4.79 Å². The quantitative estimate of drug-likeness (QED) is 0.918. The number of fused-ring (bicyclic) bond motifs is 1. The lowest BCUT2D eigenvalue weighted by atomic mass is 9.98. The number of amides is 1. The number of aromatic carboxylic acids is 1. The van der Waals surface area contributed by atoms with E-state index < -0.39 is 5.97 Å². The highest BCUT2D eigenvalue weighted by Gasteiger charge is 2.24. The van der Waals surface area contributed by atoms with Crippen LogP contribution in [0.3, 0.4) is 0 Å². The molecule has 1 amide bonds. The molecule has 1 aliphatic heterocycles. The van der Waals surface area contributed by atoms with Gasteiger partial charge in [-0.15, -0.1) is 0 Å². The first-order valence-corrected chi connectivity index (χ1v) is 7.95. The maximum Gasteiger partial charge on any atom is 0.335 e. The Hall–Kier alpha value is -2.82. The molecule has 0 bridgehead atoms. The minimum absolute atomic E-state index is 0.0138. The van der Waals surface area contributed by atoms with E-state index in [0.717, 1.165) is 17.5 Å². The summed E-state index contributed by atoms with van der Waals surface area (Å²) in [5, 5.41) is 8.94. The summed E-state index contributed by atoms with van der Waals surface area (Å²) < 4.78 is 5.48. The summed E-state index contributed by atoms with van der Waals surface area (Å²) in [6.07, 6.45) is 0.806. The lowest BCUT2D eigenvalue weighted by Gasteiger charge is -2.29. The zero-order valence-corrected chi connectivity index (χ0v) is 13.5. The molecule has 2 aromatic rings. The number of carbonyl (C=O) groups excluding carboxylic acids is 1. The number of hydrogen-bond acceptors (Lipinski definition) is 3. The van der Waals surface area contributed by atoms with Crippen LogP contribution in [-0.4, -0.2) is 35.0 Å². The molecule has 0 aliphatic carbocycles. The Morgan fingerprint density at radius 3 is 2.62 bits per heavy atom. The van der Waals surface area contributed by atoms with E-state index in [-0.39, 0.29) is 11.5 Å². The number of carbonyl (C=O) groups is 2. The Kier molecular flexibility index (Phi) is 4.51. The lowest BCUT2D eigenvalue weighted by Crippen LogP contribution is -2.37. The zero-order chi connectivity index (χ0) is 17.1. The normalized spacial score (nSPS) is 13.5. The Bertz CT molecular complexity index is 767. The summed E-state index contributed by atoms with van der Waals surface area (Å²) in [6.45, 7) is 3.60. The van der Waals surface area contributed by atoms with Crippen molar-refractivity contribution in [2.75, 3.05) is 13.2 Å². The Morgan fingerprint density at radius 2 is 1.96 bits per heavy atom. The van der Waals surface area contributed by atoms with Crippen molar-refractivity contribution in [2.24, 2.45) is 0 Å². The fraction of sp³-hybridized carbons (Fsp3) is 0.263. The van der Waals surface area contributed by atoms with Gasteiger partial charge < -0.3 is 14.7 Å². The van der Waals surface area contributed by atoms with Crippen LogP contribution in [0.1, 0.15) is 38.8 Å². The highest BCUT2D eigenvalue weighted by Crippen LogP contribution is 2.25. The van der Waals surface area contributed by atoms with Crippen molar-refractivity contribution in [2.45, 2.75) is 19.9 Å². The Morgan fingerprint density at radius 1 is 1.21 bits per heavy atom. The van der Waals surface area contributed by atoms with Crippen LogP contribution in [0.15, 0.2) is 42.5 Å². The average molecular weight is 325 g/mol. The number of rotatable bonds is 5. The van der Waals surface area contributed by atoms with E-state index in [9.17, 15) is 9.59 Å². The fourth-order valence-electron chi connectivity index (χ4n) is 2.88. The summed E-state index contributed by atoms with van der Waals surface area (Å²) >= 11 is 0. The van der Waals surface area contributed by atoms with Crippen LogP contribution >= 0.6 is 0 Å². The topological polar surface area (TPSA) is 66.8 Å². The second-order valence-electron chi connectivity index (χ2n) is 5.73. The average Bonchev–Trinajstić information content (AvgIpc) is 2.58. The van der Waals surface area contributed by atoms with Gasteiger partial charge in [-0.2, -0.15) is 0 Å². The lowest BCUT2D eigenvalue weighted by molar-refractivity contribution is 0.0693. The van der Waals surface area contributed by atoms with Crippen molar-refractivity contribution in [1.82, 2.24) is 4.90 Å². The molecule has 0 unspecified atom stereocenters. The smallest absolute Gasteiger partial charge is 0.335 e. The van der Waals surface area contributed by atoms with Crippen molar-refractivity contribution in [3.8, 4) is 5.75 Å². The van der Waals surface area contributed by atoms with Gasteiger partial charge in [0.15, 0.2) is 0 Å². The number of ether oxygens (including phenoxy) is 1. The summed E-state index contributed by atoms with van der Waals surface area (Å²) in [5.74, 6) is -0.259. The van der Waals surface area contributed by atoms with E-state index in [1.54, 1.807) is 35.2 Å². The highest BCUT2D eigenvalue weighted by molar-refractivity contribution is 5.97. The summed E-state index contributed by atoms with van der Waals surface area (Å²) in [6, 6.07) is 12.3. The minimum atomic E-state index is -0.951. The van der Waals surface area contributed by atoms with E-state index in [4.69, 9.17) is 9.84 Å². The zero-order valence-electron chi connectivity index (χ0n) is 13.5. The molecule has 0 spiro atoms. The van der Waals surface area contributed by atoms with Crippen molar-refractivity contribution in [3.05, 3.63) is 64.7 Å². The van der Waals surface area contributed by atoms with E-state index >= 15 is 0 Å². The molecule has 0 fully saturated rings. The number of nitrogens with zero attached hydrogens (tertiary/aromatic N) is 1. The molecule has 2 aromatic carbocycles. The van der Waals surface area contributed by atoms with Crippen molar-refractivity contribution < 1.29 is 19.4 Å². The second kappa shape index (κ2) is 6.74. The molecule has 1 aliphatic rings. The van der Waals surface area contributed by atoms with Crippen LogP contribution in [0.5, 0.6) is 5.75 Å². The van der Waals surface area contributed by atoms with E-state index in [1.807, 2.05) is 19.1 Å². The van der Waals surface area contributed by atoms with Crippen molar-refractivity contribution in [1.29, 1.82) is 0 Å². The molecule has 1 N–H and O–H groups in total. The third-order valence-electron chi connectivity index (χ3n) is 4.14. The first-order chi connectivity index (χ1) is 11.6. The molecule has 1 heterocycles. The molecule has 0 saturated heterocycles. The van der Waals surface area contributed by atoms with Crippen LogP contribution < -0.4 is 4.74 Å². The molecule has 5 nitrogen and oxygen atoms in total. The highest BCUT2D eigenvalue weighted by atomic mass is 16.5. The van der Waals surface area contributed by atoms with E-state index in [1.165, 1.54) is 0 Å². The maximum atomic E-state index is 12.7. The fourth-order valence-corrected chi connectivity index (χ4v) is 2.88. The van der Waals surface area contributed by atoms with Crippen LogP contribution in [0.25, 0.3) is 0 Å². The van der Waals surface area contributed by atoms with Gasteiger partial charge in [0.05, 0.1) is 12.2 Å². The molecule has 0 aromatic heterocycles. The Balaban J connectivity index is 1.77. The van der Waals surface area contributed by atoms with Gasteiger partial charge in [-0.1, -0.05) is 18.2 Å². The Labute approximate surface area is 140 Å². The third-order valence-corrected chi connectivity index (χ3v) is 4.14. The van der Waals surface area contributed by atoms with Gasteiger partial charge in [-0.25, -0.2) is 4.79 Å². The van der Waals surface area contributed by atoms with Gasteiger partial charge in [0.2, 0.25) is 0 Å². The standard InChI is InChI=1S/C19H19NO4/c1-2-24-16-8-7-14-9-10-20(18(21)17(14)11-16)12-13-3-5-15(6-4-13)19(22)23/h3-8,11H,2,9-10,12H2,1H3,(H,22,23). The summed E-state index contributed by atoms with van der Waals surface area (Å²) in [5.41, 5.74) is 2.89. The van der Waals surface area contributed by atoms with Gasteiger partial charge in [0, 0.05) is 18.7 Å². The molecular weight excluding hydrogens is 306 g/mol. The number of carboxylic acids is 1. The monoisotopic (exact) mass is 325 g/mol. The van der Waals surface area contributed by atoms with Crippen molar-refractivity contribution >= 4 is 11.9 Å². The van der Waals surface area contributed by atoms with Gasteiger partial charge in [-0.05, 0) is 48.7 Å². The SMILES string of the molecule is CCOc1ccc2c(c1)C(=O)N(Cc1ccc(C(=O)O)cc1)CC2. The van der Waals surface area contributed by atoms with Crippen LogP contribution in [0, 0.1) is 0 Å². The minimum Gasteiger partial charge on any atom is -0.494 e. The van der Waals surface area contributed by atoms with Gasteiger partial charge in [0.25, 0.3) is 5.91 Å². The first kappa shape index (κ1) is 16.1. The van der Waals surface area contributed by atoms with Crippen LogP contribution in [0.2, 0.25) is 0 Å². The molecule has 24 heavy (non-hydrogen) atoms. The number of carboxylic acid groups (broad SMARTS) is 1. The number of benzene rings is 2. The second-order valence-corrected chi connectivity index (χ2v) is 5.73. The van der Waals surface area contributed by atoms with E-state index in [2.05, 4.69) is 0 Å². The molecule has 0 saturated carbocycles. The molecule has 5 heteroatoms. The van der Waals surface area contributed by atoms with Crippen LogP contribution in [-0.2, 0) is 13.0 Å². The summed E-state index contributed by atoms with van der Waals surface area (Å²) in [4.78, 5) is 25.4. The molecule has 0 radical (unpaired) electrons. The maximum absolute atomic E-state index is 12.7. The van der Waals surface area contributed by atoms with Gasteiger partial charge in [0.1, 0.15) is 5.75 Å². The first-order valence-electron chi connectivity index (χ1n) is 7.95. The number of hydrogen-bond donors (Lipinski definition) is 1. The molecular formula is C19H19NO4. The van der Waals surface area contributed by atoms with E-state index in [0.29, 0.717) is 31.0 Å². The van der Waals surface area contributed by atoms with Gasteiger partial charge >= 0.3 is 5.97 Å². The molecule has 0 atom stereocenters. The predicted octanol–water partition coefficient (Wildman–Crippen LogP) is 2.98. The predicted molar refractivity (Wildman–Crippen MR) is 89.5 cm³/mol.